The zero-order chi connectivity index (χ0) is 24.3. The number of fused-ring (bicyclic) bond motifs is 1. The standard InChI is InChI=1S/C24H26ClFN4O3/c1-5-29(14-32)23(13-31)27-28(4)22-11-16-17(10-20(22)26)24(33)30(12-18(16)15(2)3)21-9-7-6-8-19(21)25/h6-12,14-15,31H,5,13H2,1-4H3/b27-23-. The van der Waals surface area contributed by atoms with Gasteiger partial charge < -0.3 is 5.11 Å². The average molecular weight is 473 g/mol. The van der Waals surface area contributed by atoms with Crippen molar-refractivity contribution in [2.24, 2.45) is 5.10 Å². The third kappa shape index (κ3) is 4.77. The van der Waals surface area contributed by atoms with Gasteiger partial charge in [-0.25, -0.2) is 4.39 Å². The van der Waals surface area contributed by atoms with Crippen molar-refractivity contribution in [1.29, 1.82) is 0 Å². The molecule has 1 heterocycles. The molecule has 0 saturated heterocycles. The number of halogens is 2. The number of aliphatic hydroxyl groups is 1. The first-order valence-corrected chi connectivity index (χ1v) is 10.9. The number of para-hydroxylation sites is 1. The molecule has 174 valence electrons. The van der Waals surface area contributed by atoms with Crippen LogP contribution in [0.4, 0.5) is 10.1 Å². The van der Waals surface area contributed by atoms with E-state index >= 15 is 4.39 Å². The van der Waals surface area contributed by atoms with Crippen molar-refractivity contribution in [1.82, 2.24) is 9.47 Å². The summed E-state index contributed by atoms with van der Waals surface area (Å²) in [7, 11) is 1.51. The Bertz CT molecular complexity index is 1270. The topological polar surface area (TPSA) is 78.1 Å². The smallest absolute Gasteiger partial charge is 0.263 e. The number of benzene rings is 2. The lowest BCUT2D eigenvalue weighted by molar-refractivity contribution is -0.114. The van der Waals surface area contributed by atoms with Crippen molar-refractivity contribution in [2.75, 3.05) is 25.2 Å². The van der Waals surface area contributed by atoms with Crippen LogP contribution in [0.5, 0.6) is 0 Å². The molecule has 1 N–H and O–H groups in total. The molecular weight excluding hydrogens is 447 g/mol. The van der Waals surface area contributed by atoms with Crippen molar-refractivity contribution < 1.29 is 14.3 Å². The van der Waals surface area contributed by atoms with Crippen LogP contribution in [0, 0.1) is 5.82 Å². The highest BCUT2D eigenvalue weighted by Gasteiger charge is 2.19. The molecule has 3 aromatic rings. The van der Waals surface area contributed by atoms with E-state index in [9.17, 15) is 14.7 Å². The number of rotatable bonds is 7. The number of anilines is 1. The van der Waals surface area contributed by atoms with Crippen LogP contribution in [0.25, 0.3) is 16.5 Å². The van der Waals surface area contributed by atoms with E-state index in [1.54, 1.807) is 43.5 Å². The molecule has 0 unspecified atom stereocenters. The summed E-state index contributed by atoms with van der Waals surface area (Å²) in [6, 6.07) is 9.73. The second-order valence-electron chi connectivity index (χ2n) is 7.80. The minimum atomic E-state index is -0.663. The summed E-state index contributed by atoms with van der Waals surface area (Å²) < 4.78 is 16.6. The number of hydrogen-bond acceptors (Lipinski definition) is 5. The Morgan fingerprint density at radius 1 is 1.27 bits per heavy atom. The molecule has 0 saturated carbocycles. The van der Waals surface area contributed by atoms with Crippen molar-refractivity contribution in [3.05, 3.63) is 69.4 Å². The largest absolute Gasteiger partial charge is 0.388 e. The molecular formula is C24H26ClFN4O3. The van der Waals surface area contributed by atoms with Crippen LogP contribution in [-0.4, -0.2) is 47.0 Å². The highest BCUT2D eigenvalue weighted by Crippen LogP contribution is 2.31. The van der Waals surface area contributed by atoms with Gasteiger partial charge in [-0.1, -0.05) is 37.6 Å². The fourth-order valence-electron chi connectivity index (χ4n) is 3.63. The fraction of sp³-hybridized carbons (Fsp3) is 0.292. The van der Waals surface area contributed by atoms with Crippen molar-refractivity contribution in [2.45, 2.75) is 26.7 Å². The van der Waals surface area contributed by atoms with Crippen LogP contribution < -0.4 is 10.6 Å². The maximum atomic E-state index is 15.2. The summed E-state index contributed by atoms with van der Waals surface area (Å²) in [6.07, 6.45) is 2.28. The van der Waals surface area contributed by atoms with Gasteiger partial charge in [-0.15, -0.1) is 0 Å². The van der Waals surface area contributed by atoms with Gasteiger partial charge in [-0.2, -0.15) is 5.10 Å². The molecule has 0 aliphatic rings. The second-order valence-corrected chi connectivity index (χ2v) is 8.21. The van der Waals surface area contributed by atoms with Gasteiger partial charge in [-0.05, 0) is 48.1 Å². The number of pyridine rings is 1. The number of likely N-dealkylation sites (N-methyl/N-ethyl adjacent to an activating group) is 1. The first-order chi connectivity index (χ1) is 15.7. The summed E-state index contributed by atoms with van der Waals surface area (Å²) in [4.78, 5) is 25.7. The molecule has 0 radical (unpaired) electrons. The third-order valence-electron chi connectivity index (χ3n) is 5.40. The minimum absolute atomic E-state index is 0.0209. The van der Waals surface area contributed by atoms with E-state index in [4.69, 9.17) is 11.6 Å². The van der Waals surface area contributed by atoms with Gasteiger partial charge in [0.1, 0.15) is 12.4 Å². The van der Waals surface area contributed by atoms with Crippen LogP contribution in [-0.2, 0) is 4.79 Å². The Hall–Kier alpha value is -3.23. The maximum absolute atomic E-state index is 15.2. The lowest BCUT2D eigenvalue weighted by Gasteiger charge is -2.22. The van der Waals surface area contributed by atoms with Gasteiger partial charge in [0.15, 0.2) is 5.84 Å². The molecule has 9 heteroatoms. The molecule has 1 aromatic heterocycles. The molecule has 33 heavy (non-hydrogen) atoms. The van der Waals surface area contributed by atoms with Crippen molar-refractivity contribution in [3.8, 4) is 5.69 Å². The summed E-state index contributed by atoms with van der Waals surface area (Å²) in [5.74, 6) is -0.566. The van der Waals surface area contributed by atoms with E-state index in [0.717, 1.165) is 5.56 Å². The monoisotopic (exact) mass is 472 g/mol. The van der Waals surface area contributed by atoms with Gasteiger partial charge >= 0.3 is 0 Å². The highest BCUT2D eigenvalue weighted by atomic mass is 35.5. The summed E-state index contributed by atoms with van der Waals surface area (Å²) in [5, 5.41) is 16.3. The first-order valence-electron chi connectivity index (χ1n) is 10.5. The van der Waals surface area contributed by atoms with Crippen LogP contribution in [0.15, 0.2) is 52.5 Å². The normalized spacial score (nSPS) is 11.8. The highest BCUT2D eigenvalue weighted by molar-refractivity contribution is 6.32. The lowest BCUT2D eigenvalue weighted by atomic mass is 9.97. The van der Waals surface area contributed by atoms with Crippen LogP contribution >= 0.6 is 11.6 Å². The van der Waals surface area contributed by atoms with E-state index in [0.29, 0.717) is 29.1 Å². The average Bonchev–Trinajstić information content (AvgIpc) is 2.79. The zero-order valence-electron chi connectivity index (χ0n) is 18.9. The van der Waals surface area contributed by atoms with E-state index in [-0.39, 0.29) is 22.8 Å². The van der Waals surface area contributed by atoms with E-state index in [2.05, 4.69) is 5.10 Å². The first kappa shape index (κ1) is 24.4. The Morgan fingerprint density at radius 2 is 1.97 bits per heavy atom. The Balaban J connectivity index is 2.25. The van der Waals surface area contributed by atoms with Crippen molar-refractivity contribution in [3.63, 3.8) is 0 Å². The molecule has 2 aromatic carbocycles. The molecule has 1 amide bonds. The number of carbonyl (C=O) groups excluding carboxylic acids is 1. The molecule has 0 fully saturated rings. The van der Waals surface area contributed by atoms with E-state index in [1.165, 1.54) is 27.6 Å². The van der Waals surface area contributed by atoms with Crippen LogP contribution in [0.3, 0.4) is 0 Å². The number of carbonyl (C=O) groups is 1. The molecule has 3 rings (SSSR count). The van der Waals surface area contributed by atoms with Gasteiger partial charge in [0.25, 0.3) is 5.56 Å². The quantitative estimate of drug-likeness (QED) is 0.243. The van der Waals surface area contributed by atoms with Gasteiger partial charge in [0.2, 0.25) is 6.41 Å². The van der Waals surface area contributed by atoms with Crippen LogP contribution in [0.1, 0.15) is 32.3 Å². The molecule has 0 atom stereocenters. The summed E-state index contributed by atoms with van der Waals surface area (Å²) >= 11 is 6.32. The Labute approximate surface area is 196 Å². The zero-order valence-corrected chi connectivity index (χ0v) is 19.7. The molecule has 0 spiro atoms. The number of aromatic nitrogens is 1. The lowest BCUT2D eigenvalue weighted by Crippen LogP contribution is -2.34. The van der Waals surface area contributed by atoms with Gasteiger partial charge in [0.05, 0.1) is 21.8 Å². The van der Waals surface area contributed by atoms with E-state index in [1.807, 2.05) is 13.8 Å². The number of hydrazone groups is 1. The predicted octanol–water partition coefficient (Wildman–Crippen LogP) is 4.13. The van der Waals surface area contributed by atoms with Crippen molar-refractivity contribution >= 4 is 40.3 Å². The van der Waals surface area contributed by atoms with Gasteiger partial charge in [0, 0.05) is 19.8 Å². The Morgan fingerprint density at radius 3 is 2.55 bits per heavy atom. The maximum Gasteiger partial charge on any atom is 0.263 e. The molecule has 0 bridgehead atoms. The van der Waals surface area contributed by atoms with E-state index < -0.39 is 18.0 Å². The number of hydrogen-bond donors (Lipinski definition) is 1. The fourth-order valence-corrected chi connectivity index (χ4v) is 3.86. The number of amidine groups is 1. The molecule has 7 nitrogen and oxygen atoms in total. The van der Waals surface area contributed by atoms with Gasteiger partial charge in [-0.3, -0.25) is 24.1 Å². The number of aliphatic hydroxyl groups excluding tert-OH is 1. The summed E-state index contributed by atoms with van der Waals surface area (Å²) in [6.45, 7) is 5.50. The predicted molar refractivity (Wildman–Crippen MR) is 130 cm³/mol. The number of amides is 1. The minimum Gasteiger partial charge on any atom is -0.388 e. The SMILES string of the molecule is CCN(C=O)/C(CO)=N\N(C)c1cc2c(C(C)C)cn(-c3ccccc3Cl)c(=O)c2cc1F. The van der Waals surface area contributed by atoms with Crippen LogP contribution in [0.2, 0.25) is 5.02 Å². The number of nitrogens with zero attached hydrogens (tertiary/aromatic N) is 4. The second kappa shape index (κ2) is 10.1. The summed E-state index contributed by atoms with van der Waals surface area (Å²) in [5.41, 5.74) is 1.05. The Kier molecular flexibility index (Phi) is 7.50. The molecule has 0 aliphatic heterocycles. The molecule has 0 aliphatic carbocycles. The third-order valence-corrected chi connectivity index (χ3v) is 5.72.